The molecule has 3 rings (SSSR count). The van der Waals surface area contributed by atoms with E-state index in [1.54, 1.807) is 0 Å². The van der Waals surface area contributed by atoms with E-state index in [0.717, 1.165) is 0 Å². The van der Waals surface area contributed by atoms with E-state index in [0.29, 0.717) is 24.9 Å². The zero-order valence-electron chi connectivity index (χ0n) is 12.3. The summed E-state index contributed by atoms with van der Waals surface area (Å²) in [5.74, 6) is -0.604. The van der Waals surface area contributed by atoms with Crippen LogP contribution in [0.2, 0.25) is 0 Å². The first-order valence-corrected chi connectivity index (χ1v) is 8.71. The predicted molar refractivity (Wildman–Crippen MR) is 80.8 cm³/mol. The van der Waals surface area contributed by atoms with Crippen molar-refractivity contribution in [3.8, 4) is 0 Å². The van der Waals surface area contributed by atoms with E-state index in [-0.39, 0.29) is 23.3 Å². The van der Waals surface area contributed by atoms with Crippen LogP contribution < -0.4 is 0 Å². The van der Waals surface area contributed by atoms with Gasteiger partial charge in [-0.1, -0.05) is 0 Å². The summed E-state index contributed by atoms with van der Waals surface area (Å²) >= 11 is 0. The minimum absolute atomic E-state index is 0.0265. The van der Waals surface area contributed by atoms with Gasteiger partial charge in [-0.25, -0.2) is 17.8 Å². The second kappa shape index (κ2) is 6.21. The fourth-order valence-corrected chi connectivity index (χ4v) is 4.40. The van der Waals surface area contributed by atoms with Crippen molar-refractivity contribution in [1.29, 1.82) is 0 Å². The molecule has 1 aliphatic heterocycles. The molecule has 1 N–H and O–H groups in total. The topological polar surface area (TPSA) is 83.1 Å². The molecule has 1 aromatic carbocycles. The van der Waals surface area contributed by atoms with Gasteiger partial charge in [0, 0.05) is 24.6 Å². The highest BCUT2D eigenvalue weighted by Crippen LogP contribution is 2.27. The summed E-state index contributed by atoms with van der Waals surface area (Å²) in [6.07, 6.45) is 3.97. The molecule has 1 atom stereocenters. The summed E-state index contributed by atoms with van der Waals surface area (Å²) in [5, 5.41) is 0.0265. The number of imidazole rings is 1. The number of H-pyrrole nitrogens is 1. The van der Waals surface area contributed by atoms with Crippen molar-refractivity contribution in [3.63, 3.8) is 0 Å². The normalized spacial score (nSPS) is 19.1. The number of aromatic amines is 1. The first-order chi connectivity index (χ1) is 11.0. The number of carbonyl (C=O) groups is 1. The molecule has 0 bridgehead atoms. The average molecular weight is 337 g/mol. The van der Waals surface area contributed by atoms with Gasteiger partial charge in [0.05, 0.1) is 12.5 Å². The van der Waals surface area contributed by atoms with E-state index >= 15 is 0 Å². The van der Waals surface area contributed by atoms with Gasteiger partial charge < -0.3 is 4.98 Å². The molecular formula is C15H16FN3O3S. The summed E-state index contributed by atoms with van der Waals surface area (Å²) in [6, 6.07) is 4.89. The molecule has 23 heavy (non-hydrogen) atoms. The summed E-state index contributed by atoms with van der Waals surface area (Å²) in [5.41, 5.74) is 0.386. The van der Waals surface area contributed by atoms with Crippen LogP contribution >= 0.6 is 0 Å². The van der Waals surface area contributed by atoms with E-state index in [1.165, 1.54) is 41.1 Å². The molecule has 122 valence electrons. The van der Waals surface area contributed by atoms with Gasteiger partial charge in [0.15, 0.2) is 10.8 Å². The second-order valence-corrected chi connectivity index (χ2v) is 7.32. The number of benzene rings is 1. The number of hydrogen-bond acceptors (Lipinski definition) is 4. The van der Waals surface area contributed by atoms with Gasteiger partial charge in [0.25, 0.3) is 10.0 Å². The Kier molecular flexibility index (Phi) is 4.27. The van der Waals surface area contributed by atoms with Gasteiger partial charge in [-0.05, 0) is 37.1 Å². The van der Waals surface area contributed by atoms with Gasteiger partial charge in [0.1, 0.15) is 5.82 Å². The first-order valence-electron chi connectivity index (χ1n) is 7.27. The standard InChI is InChI=1S/C15H16FN3O3S/c16-12-5-3-11(4-6-12)14(20)8-13-2-1-7-19(13)23(21,22)15-9-17-10-18-15/h3-6,9-10,13H,1-2,7-8H2,(H,17,18)/t13-/m1/s1. The third-order valence-electron chi connectivity index (χ3n) is 3.97. The lowest BCUT2D eigenvalue weighted by Crippen LogP contribution is -2.37. The number of nitrogens with one attached hydrogen (secondary N) is 1. The molecule has 1 aromatic heterocycles. The third kappa shape index (κ3) is 3.18. The predicted octanol–water partition coefficient (Wildman–Crippen LogP) is 1.97. The Morgan fingerprint density at radius 1 is 1.35 bits per heavy atom. The third-order valence-corrected chi connectivity index (χ3v) is 5.85. The Labute approximate surface area is 133 Å². The Bertz CT molecular complexity index is 788. The minimum Gasteiger partial charge on any atom is -0.335 e. The SMILES string of the molecule is O=C(C[C@H]1CCCN1S(=O)(=O)c1cnc[nH]1)c1ccc(F)cc1. The lowest BCUT2D eigenvalue weighted by molar-refractivity contribution is 0.0961. The number of Topliss-reactive ketones (excluding diaryl/α,β-unsaturated/α-hetero) is 1. The molecule has 1 fully saturated rings. The number of aromatic nitrogens is 2. The molecule has 1 saturated heterocycles. The highest BCUT2D eigenvalue weighted by Gasteiger charge is 2.37. The van der Waals surface area contributed by atoms with Crippen molar-refractivity contribution in [3.05, 3.63) is 48.2 Å². The van der Waals surface area contributed by atoms with Crippen molar-refractivity contribution < 1.29 is 17.6 Å². The monoisotopic (exact) mass is 337 g/mol. The largest absolute Gasteiger partial charge is 0.335 e. The molecule has 1 aliphatic rings. The quantitative estimate of drug-likeness (QED) is 0.846. The molecule has 8 heteroatoms. The van der Waals surface area contributed by atoms with Crippen LogP contribution in [-0.2, 0) is 10.0 Å². The minimum atomic E-state index is -3.68. The van der Waals surface area contributed by atoms with Crippen molar-refractivity contribution in [2.75, 3.05) is 6.54 Å². The van der Waals surface area contributed by atoms with E-state index in [9.17, 15) is 17.6 Å². The molecule has 0 aliphatic carbocycles. The van der Waals surface area contributed by atoms with Gasteiger partial charge in [-0.15, -0.1) is 0 Å². The number of carbonyl (C=O) groups excluding carboxylic acids is 1. The zero-order valence-corrected chi connectivity index (χ0v) is 13.1. The smallest absolute Gasteiger partial charge is 0.260 e. The van der Waals surface area contributed by atoms with Crippen LogP contribution in [0.5, 0.6) is 0 Å². The van der Waals surface area contributed by atoms with Crippen molar-refractivity contribution >= 4 is 15.8 Å². The fraction of sp³-hybridized carbons (Fsp3) is 0.333. The van der Waals surface area contributed by atoms with Crippen molar-refractivity contribution in [2.45, 2.75) is 30.3 Å². The Morgan fingerprint density at radius 3 is 2.74 bits per heavy atom. The molecular weight excluding hydrogens is 321 g/mol. The number of ketones is 1. The van der Waals surface area contributed by atoms with E-state index in [2.05, 4.69) is 9.97 Å². The van der Waals surface area contributed by atoms with Crippen LogP contribution in [0.15, 0.2) is 41.8 Å². The molecule has 0 spiro atoms. The molecule has 0 saturated carbocycles. The van der Waals surface area contributed by atoms with Gasteiger partial charge in [0.2, 0.25) is 0 Å². The highest BCUT2D eigenvalue weighted by molar-refractivity contribution is 7.89. The molecule has 2 heterocycles. The van der Waals surface area contributed by atoms with E-state index in [4.69, 9.17) is 0 Å². The number of rotatable bonds is 5. The second-order valence-electron chi connectivity index (χ2n) is 5.46. The lowest BCUT2D eigenvalue weighted by atomic mass is 10.0. The summed E-state index contributed by atoms with van der Waals surface area (Å²) in [4.78, 5) is 18.6. The van der Waals surface area contributed by atoms with E-state index in [1.807, 2.05) is 0 Å². The van der Waals surface area contributed by atoms with E-state index < -0.39 is 15.8 Å². The van der Waals surface area contributed by atoms with Crippen molar-refractivity contribution in [1.82, 2.24) is 14.3 Å². The maximum atomic E-state index is 12.9. The highest BCUT2D eigenvalue weighted by atomic mass is 32.2. The molecule has 0 amide bonds. The molecule has 6 nitrogen and oxygen atoms in total. The lowest BCUT2D eigenvalue weighted by Gasteiger charge is -2.22. The molecule has 2 aromatic rings. The van der Waals surface area contributed by atoms with Crippen LogP contribution in [0, 0.1) is 5.82 Å². The summed E-state index contributed by atoms with van der Waals surface area (Å²) in [7, 11) is -3.68. The number of halogens is 1. The number of hydrogen-bond donors (Lipinski definition) is 1. The van der Waals surface area contributed by atoms with Crippen LogP contribution in [0.25, 0.3) is 0 Å². The Hall–Kier alpha value is -2.06. The van der Waals surface area contributed by atoms with Gasteiger partial charge in [-0.3, -0.25) is 4.79 Å². The first kappa shape index (κ1) is 15.8. The molecule has 0 radical (unpaired) electrons. The fourth-order valence-electron chi connectivity index (χ4n) is 2.81. The number of nitrogens with zero attached hydrogens (tertiary/aromatic N) is 2. The van der Waals surface area contributed by atoms with Crippen LogP contribution in [-0.4, -0.2) is 41.1 Å². The average Bonchev–Trinajstić information content (AvgIpc) is 3.19. The maximum absolute atomic E-state index is 12.9. The number of sulfonamides is 1. The summed E-state index contributed by atoms with van der Waals surface area (Å²) in [6.45, 7) is 0.378. The van der Waals surface area contributed by atoms with Crippen LogP contribution in [0.4, 0.5) is 4.39 Å². The van der Waals surface area contributed by atoms with Crippen LogP contribution in [0.3, 0.4) is 0 Å². The Morgan fingerprint density at radius 2 is 2.09 bits per heavy atom. The van der Waals surface area contributed by atoms with Gasteiger partial charge in [-0.2, -0.15) is 4.31 Å². The van der Waals surface area contributed by atoms with Crippen LogP contribution in [0.1, 0.15) is 29.6 Å². The maximum Gasteiger partial charge on any atom is 0.260 e. The summed E-state index contributed by atoms with van der Waals surface area (Å²) < 4.78 is 39.4. The Balaban J connectivity index is 1.77. The molecule has 0 unspecified atom stereocenters. The van der Waals surface area contributed by atoms with Crippen molar-refractivity contribution in [2.24, 2.45) is 0 Å². The zero-order chi connectivity index (χ0) is 16.4. The van der Waals surface area contributed by atoms with Gasteiger partial charge >= 0.3 is 0 Å².